The number of nitrogens with zero attached hydrogens (tertiary/aromatic N) is 2. The molecule has 0 spiro atoms. The normalized spacial score (nSPS) is 10.5. The van der Waals surface area contributed by atoms with Crippen molar-refractivity contribution < 1.29 is 9.53 Å². The van der Waals surface area contributed by atoms with Crippen LogP contribution in [0, 0.1) is 5.39 Å². The van der Waals surface area contributed by atoms with Crippen molar-refractivity contribution in [1.82, 2.24) is 0 Å². The topological polar surface area (TPSA) is 54.4 Å². The Bertz CT molecular complexity index is 1150. The van der Waals surface area contributed by atoms with E-state index in [1.807, 2.05) is 54.6 Å². The van der Waals surface area contributed by atoms with E-state index in [4.69, 9.17) is 4.74 Å². The van der Waals surface area contributed by atoms with Crippen LogP contribution in [0.4, 0.5) is 5.69 Å². The standard InChI is InChI=1S/C21H13N2O2/c22-23-19-17-12-6-4-10-15(17)16-11-5-7-13-18(16)20(19)25-21(24)14-8-2-1-3-9-14/h1-13H/q+1. The number of hydrogen-bond acceptors (Lipinski definition) is 3. The fraction of sp³-hybridized carbons (Fsp3) is 0. The van der Waals surface area contributed by atoms with Gasteiger partial charge in [-0.2, -0.15) is 0 Å². The van der Waals surface area contributed by atoms with Gasteiger partial charge >= 0.3 is 11.7 Å². The maximum absolute atomic E-state index is 12.5. The molecule has 0 unspecified atom stereocenters. The van der Waals surface area contributed by atoms with Crippen molar-refractivity contribution >= 4 is 33.2 Å². The van der Waals surface area contributed by atoms with Gasteiger partial charge < -0.3 is 4.74 Å². The summed E-state index contributed by atoms with van der Waals surface area (Å²) in [6, 6.07) is 23.9. The van der Waals surface area contributed by atoms with E-state index in [0.717, 1.165) is 21.5 Å². The fourth-order valence-electron chi connectivity index (χ4n) is 3.02. The molecule has 0 atom stereocenters. The van der Waals surface area contributed by atoms with Gasteiger partial charge in [-0.15, -0.1) is 0 Å². The zero-order chi connectivity index (χ0) is 17.2. The number of carbonyl (C=O) groups is 1. The first-order chi connectivity index (χ1) is 12.3. The third-order valence-corrected chi connectivity index (χ3v) is 4.16. The van der Waals surface area contributed by atoms with Gasteiger partial charge in [0.15, 0.2) is 4.98 Å². The predicted octanol–water partition coefficient (Wildman–Crippen LogP) is 5.70. The summed E-state index contributed by atoms with van der Waals surface area (Å²) in [5.74, 6) is -0.239. The first-order valence-corrected chi connectivity index (χ1v) is 7.85. The molecular formula is C21H13N2O2+. The van der Waals surface area contributed by atoms with Crippen molar-refractivity contribution in [1.29, 1.82) is 5.39 Å². The van der Waals surface area contributed by atoms with Crippen LogP contribution in [0.15, 0.2) is 78.9 Å². The Morgan fingerprint density at radius 3 is 1.88 bits per heavy atom. The molecule has 25 heavy (non-hydrogen) atoms. The maximum atomic E-state index is 12.5. The summed E-state index contributed by atoms with van der Waals surface area (Å²) in [6.07, 6.45) is 0. The summed E-state index contributed by atoms with van der Waals surface area (Å²) >= 11 is 0. The number of rotatable bonds is 2. The number of esters is 1. The lowest BCUT2D eigenvalue weighted by atomic mass is 9.99. The second-order valence-corrected chi connectivity index (χ2v) is 5.62. The van der Waals surface area contributed by atoms with Crippen LogP contribution in [-0.2, 0) is 0 Å². The largest absolute Gasteiger partial charge is 0.435 e. The van der Waals surface area contributed by atoms with E-state index in [0.29, 0.717) is 5.56 Å². The van der Waals surface area contributed by atoms with Crippen LogP contribution in [-0.4, -0.2) is 5.97 Å². The zero-order valence-electron chi connectivity index (χ0n) is 13.2. The molecule has 4 aromatic rings. The number of hydrogen-bond donors (Lipinski definition) is 0. The molecule has 0 bridgehead atoms. The lowest BCUT2D eigenvalue weighted by molar-refractivity contribution is 0.0738. The molecule has 0 aliphatic carbocycles. The number of fused-ring (bicyclic) bond motifs is 3. The first-order valence-electron chi connectivity index (χ1n) is 7.85. The van der Waals surface area contributed by atoms with Crippen LogP contribution in [0.2, 0.25) is 0 Å². The minimum absolute atomic E-state index is 0.249. The highest BCUT2D eigenvalue weighted by atomic mass is 16.5. The Balaban J connectivity index is 1.98. The van der Waals surface area contributed by atoms with E-state index < -0.39 is 5.97 Å². The fourth-order valence-corrected chi connectivity index (χ4v) is 3.02. The lowest BCUT2D eigenvalue weighted by Gasteiger charge is -2.08. The van der Waals surface area contributed by atoms with Crippen molar-refractivity contribution in [3.05, 3.63) is 89.4 Å². The summed E-state index contributed by atoms with van der Waals surface area (Å²) in [5, 5.41) is 12.9. The molecule has 0 heterocycles. The van der Waals surface area contributed by atoms with E-state index in [1.165, 1.54) is 0 Å². The molecule has 4 heteroatoms. The van der Waals surface area contributed by atoms with Gasteiger partial charge in [-0.25, -0.2) is 4.79 Å². The zero-order valence-corrected chi connectivity index (χ0v) is 13.2. The van der Waals surface area contributed by atoms with Gasteiger partial charge in [0.25, 0.3) is 0 Å². The Labute approximate surface area is 143 Å². The summed E-state index contributed by atoms with van der Waals surface area (Å²) in [4.78, 5) is 15.9. The number of benzene rings is 4. The van der Waals surface area contributed by atoms with Gasteiger partial charge in [-0.05, 0) is 29.0 Å². The second kappa shape index (κ2) is 6.06. The molecule has 0 aromatic heterocycles. The molecule has 0 saturated carbocycles. The molecule has 0 aliphatic heterocycles. The number of carbonyl (C=O) groups excluding carboxylic acids is 1. The monoisotopic (exact) mass is 325 g/mol. The molecule has 0 amide bonds. The van der Waals surface area contributed by atoms with Crippen LogP contribution in [0.5, 0.6) is 5.75 Å². The van der Waals surface area contributed by atoms with Gasteiger partial charge in [-0.1, -0.05) is 60.7 Å². The smallest absolute Gasteiger partial charge is 0.414 e. The SMILES string of the molecule is N#[N+]c1c(OC(=O)c2ccccc2)c2ccccc2c2ccccc12. The van der Waals surface area contributed by atoms with Crippen molar-refractivity contribution in [3.8, 4) is 5.75 Å². The summed E-state index contributed by atoms with van der Waals surface area (Å²) in [6.45, 7) is 0. The molecule has 0 N–H and O–H groups in total. The highest BCUT2D eigenvalue weighted by Crippen LogP contribution is 2.43. The van der Waals surface area contributed by atoms with Gasteiger partial charge in [-0.3, -0.25) is 0 Å². The van der Waals surface area contributed by atoms with Crippen LogP contribution < -0.4 is 4.74 Å². The Hall–Kier alpha value is -3.71. The van der Waals surface area contributed by atoms with E-state index >= 15 is 0 Å². The van der Waals surface area contributed by atoms with Crippen molar-refractivity contribution in [2.45, 2.75) is 0 Å². The summed E-state index contributed by atoms with van der Waals surface area (Å²) in [7, 11) is 0. The molecule has 4 nitrogen and oxygen atoms in total. The molecule has 0 radical (unpaired) electrons. The van der Waals surface area contributed by atoms with E-state index in [-0.39, 0.29) is 11.4 Å². The maximum Gasteiger partial charge on any atom is 0.435 e. The highest BCUT2D eigenvalue weighted by molar-refractivity contribution is 6.17. The van der Waals surface area contributed by atoms with Gasteiger partial charge in [0.1, 0.15) is 0 Å². The average molecular weight is 325 g/mol. The van der Waals surface area contributed by atoms with Crippen molar-refractivity contribution in [2.24, 2.45) is 0 Å². The summed E-state index contributed by atoms with van der Waals surface area (Å²) in [5.41, 5.74) is 0.683. The van der Waals surface area contributed by atoms with Crippen LogP contribution in [0.1, 0.15) is 10.4 Å². The van der Waals surface area contributed by atoms with Crippen LogP contribution >= 0.6 is 0 Å². The highest BCUT2D eigenvalue weighted by Gasteiger charge is 2.27. The third-order valence-electron chi connectivity index (χ3n) is 4.16. The Morgan fingerprint density at radius 2 is 1.24 bits per heavy atom. The third kappa shape index (κ3) is 2.48. The second-order valence-electron chi connectivity index (χ2n) is 5.62. The minimum Gasteiger partial charge on any atom is -0.414 e. The Kier molecular flexibility index (Phi) is 3.60. The first kappa shape index (κ1) is 14.9. The molecule has 0 fully saturated rings. The van der Waals surface area contributed by atoms with Crippen LogP contribution in [0.3, 0.4) is 0 Å². The van der Waals surface area contributed by atoms with Crippen LogP contribution in [0.25, 0.3) is 26.5 Å². The minimum atomic E-state index is -0.495. The molecule has 118 valence electrons. The molecule has 4 rings (SSSR count). The number of ether oxygens (including phenoxy) is 1. The van der Waals surface area contributed by atoms with E-state index in [2.05, 4.69) is 4.98 Å². The van der Waals surface area contributed by atoms with Gasteiger partial charge in [0.2, 0.25) is 11.1 Å². The molecule has 4 aromatic carbocycles. The number of diazo groups is 1. The van der Waals surface area contributed by atoms with Gasteiger partial charge in [0, 0.05) is 5.39 Å². The lowest BCUT2D eigenvalue weighted by Crippen LogP contribution is -2.08. The summed E-state index contributed by atoms with van der Waals surface area (Å²) < 4.78 is 5.65. The Morgan fingerprint density at radius 1 is 0.720 bits per heavy atom. The van der Waals surface area contributed by atoms with Crippen molar-refractivity contribution in [3.63, 3.8) is 0 Å². The van der Waals surface area contributed by atoms with Gasteiger partial charge in [0.05, 0.1) is 10.9 Å². The van der Waals surface area contributed by atoms with E-state index in [1.54, 1.807) is 24.3 Å². The van der Waals surface area contributed by atoms with Crippen molar-refractivity contribution in [2.75, 3.05) is 0 Å². The molecular weight excluding hydrogens is 312 g/mol. The molecule has 0 aliphatic rings. The van der Waals surface area contributed by atoms with E-state index in [9.17, 15) is 10.2 Å². The average Bonchev–Trinajstić information content (AvgIpc) is 2.69. The predicted molar refractivity (Wildman–Crippen MR) is 97.6 cm³/mol. The molecule has 0 saturated heterocycles. The quantitative estimate of drug-likeness (QED) is 0.206.